The molecule has 90 valence electrons. The number of likely N-dealkylation sites (N-methyl/N-ethyl adjacent to an activating group) is 1. The molecule has 1 rings (SSSR count). The number of carbonyl (C=O) groups is 1. The van der Waals surface area contributed by atoms with Crippen LogP contribution in [0, 0.1) is 6.92 Å². The number of nitrogens with zero attached hydrogens (tertiary/aromatic N) is 2. The number of aryl methyl sites for hydroxylation is 1. The van der Waals surface area contributed by atoms with E-state index in [0.29, 0.717) is 31.2 Å². The van der Waals surface area contributed by atoms with Crippen LogP contribution in [0.4, 0.5) is 0 Å². The summed E-state index contributed by atoms with van der Waals surface area (Å²) in [4.78, 5) is 15.4. The molecule has 1 amide bonds. The lowest BCUT2D eigenvalue weighted by Crippen LogP contribution is -2.42. The molecule has 0 aliphatic rings. The van der Waals surface area contributed by atoms with E-state index >= 15 is 0 Å². The summed E-state index contributed by atoms with van der Waals surface area (Å²) in [7, 11) is 0. The van der Waals surface area contributed by atoms with E-state index in [0.717, 1.165) is 0 Å². The van der Waals surface area contributed by atoms with Crippen LogP contribution in [0.2, 0.25) is 0 Å². The monoisotopic (exact) mass is 226 g/mol. The molecule has 0 radical (unpaired) electrons. The fourth-order valence-electron chi connectivity index (χ4n) is 1.26. The SMILES string of the molecule is CCNC(=O)C(C)NCCc1nc(C)no1. The zero-order chi connectivity index (χ0) is 12.0. The van der Waals surface area contributed by atoms with E-state index in [1.807, 2.05) is 13.8 Å². The summed E-state index contributed by atoms with van der Waals surface area (Å²) in [5.41, 5.74) is 0. The Morgan fingerprint density at radius 1 is 1.56 bits per heavy atom. The number of aromatic nitrogens is 2. The molecule has 0 fully saturated rings. The van der Waals surface area contributed by atoms with E-state index in [-0.39, 0.29) is 11.9 Å². The van der Waals surface area contributed by atoms with Crippen LogP contribution in [0.15, 0.2) is 4.52 Å². The van der Waals surface area contributed by atoms with Crippen LogP contribution in [0.3, 0.4) is 0 Å². The van der Waals surface area contributed by atoms with Crippen molar-refractivity contribution in [3.8, 4) is 0 Å². The molecule has 0 saturated heterocycles. The van der Waals surface area contributed by atoms with Gasteiger partial charge in [0.05, 0.1) is 6.04 Å². The Labute approximate surface area is 94.8 Å². The summed E-state index contributed by atoms with van der Waals surface area (Å²) in [5, 5.41) is 9.52. The van der Waals surface area contributed by atoms with Gasteiger partial charge in [-0.2, -0.15) is 4.98 Å². The molecule has 0 aliphatic heterocycles. The van der Waals surface area contributed by atoms with E-state index < -0.39 is 0 Å². The highest BCUT2D eigenvalue weighted by Gasteiger charge is 2.11. The van der Waals surface area contributed by atoms with Crippen LogP contribution in [-0.2, 0) is 11.2 Å². The molecule has 0 aromatic carbocycles. The maximum Gasteiger partial charge on any atom is 0.236 e. The lowest BCUT2D eigenvalue weighted by Gasteiger charge is -2.11. The zero-order valence-electron chi connectivity index (χ0n) is 9.91. The Morgan fingerprint density at radius 2 is 2.31 bits per heavy atom. The van der Waals surface area contributed by atoms with Crippen molar-refractivity contribution in [3.63, 3.8) is 0 Å². The predicted molar refractivity (Wildman–Crippen MR) is 58.9 cm³/mol. The molecular weight excluding hydrogens is 208 g/mol. The summed E-state index contributed by atoms with van der Waals surface area (Å²) < 4.78 is 4.95. The van der Waals surface area contributed by atoms with Gasteiger partial charge in [-0.3, -0.25) is 4.79 Å². The third kappa shape index (κ3) is 3.98. The zero-order valence-corrected chi connectivity index (χ0v) is 9.91. The van der Waals surface area contributed by atoms with E-state index in [1.54, 1.807) is 6.92 Å². The molecule has 1 heterocycles. The van der Waals surface area contributed by atoms with Crippen LogP contribution in [0.5, 0.6) is 0 Å². The first-order valence-electron chi connectivity index (χ1n) is 5.43. The number of amides is 1. The molecule has 2 N–H and O–H groups in total. The van der Waals surface area contributed by atoms with Gasteiger partial charge in [-0.15, -0.1) is 0 Å². The molecule has 1 aromatic rings. The molecule has 0 aliphatic carbocycles. The minimum Gasteiger partial charge on any atom is -0.355 e. The first kappa shape index (κ1) is 12.6. The Bertz CT molecular complexity index is 337. The normalized spacial score (nSPS) is 12.4. The van der Waals surface area contributed by atoms with Gasteiger partial charge in [-0.1, -0.05) is 5.16 Å². The van der Waals surface area contributed by atoms with Gasteiger partial charge >= 0.3 is 0 Å². The van der Waals surface area contributed by atoms with Crippen molar-refractivity contribution in [2.45, 2.75) is 33.2 Å². The van der Waals surface area contributed by atoms with Crippen molar-refractivity contribution >= 4 is 5.91 Å². The summed E-state index contributed by atoms with van der Waals surface area (Å²) in [6.45, 7) is 6.78. The Balaban J connectivity index is 2.22. The molecule has 0 bridgehead atoms. The fourth-order valence-corrected chi connectivity index (χ4v) is 1.26. The van der Waals surface area contributed by atoms with Crippen LogP contribution in [-0.4, -0.2) is 35.2 Å². The van der Waals surface area contributed by atoms with Gasteiger partial charge in [-0.25, -0.2) is 0 Å². The van der Waals surface area contributed by atoms with Gasteiger partial charge in [0.25, 0.3) is 0 Å². The van der Waals surface area contributed by atoms with Crippen molar-refractivity contribution in [2.24, 2.45) is 0 Å². The number of hydrogen-bond acceptors (Lipinski definition) is 5. The Hall–Kier alpha value is -1.43. The second-order valence-electron chi connectivity index (χ2n) is 3.56. The molecule has 16 heavy (non-hydrogen) atoms. The highest BCUT2D eigenvalue weighted by Crippen LogP contribution is 1.96. The molecule has 0 saturated carbocycles. The number of nitrogens with one attached hydrogen (secondary N) is 2. The van der Waals surface area contributed by atoms with Crippen LogP contribution in [0.25, 0.3) is 0 Å². The van der Waals surface area contributed by atoms with Crippen LogP contribution in [0.1, 0.15) is 25.6 Å². The molecule has 0 spiro atoms. The Kier molecular flexibility index (Phi) is 4.91. The van der Waals surface area contributed by atoms with E-state index in [1.165, 1.54) is 0 Å². The van der Waals surface area contributed by atoms with Crippen molar-refractivity contribution in [1.29, 1.82) is 0 Å². The maximum absolute atomic E-state index is 11.4. The van der Waals surface area contributed by atoms with Gasteiger partial charge in [-0.05, 0) is 20.8 Å². The quantitative estimate of drug-likeness (QED) is 0.715. The van der Waals surface area contributed by atoms with E-state index in [2.05, 4.69) is 20.8 Å². The lowest BCUT2D eigenvalue weighted by atomic mass is 10.3. The van der Waals surface area contributed by atoms with Gasteiger partial charge in [0.15, 0.2) is 5.82 Å². The van der Waals surface area contributed by atoms with Crippen molar-refractivity contribution in [1.82, 2.24) is 20.8 Å². The minimum atomic E-state index is -0.205. The van der Waals surface area contributed by atoms with Crippen LogP contribution < -0.4 is 10.6 Å². The standard InChI is InChI=1S/C10H18N4O2/c1-4-11-10(15)7(2)12-6-5-9-13-8(3)14-16-9/h7,12H,4-6H2,1-3H3,(H,11,15). The lowest BCUT2D eigenvalue weighted by molar-refractivity contribution is -0.122. The largest absolute Gasteiger partial charge is 0.355 e. The average molecular weight is 226 g/mol. The maximum atomic E-state index is 11.4. The Morgan fingerprint density at radius 3 is 2.88 bits per heavy atom. The molecule has 1 unspecified atom stereocenters. The summed E-state index contributed by atoms with van der Waals surface area (Å²) >= 11 is 0. The molecule has 1 aromatic heterocycles. The second-order valence-corrected chi connectivity index (χ2v) is 3.56. The van der Waals surface area contributed by atoms with Crippen molar-refractivity contribution < 1.29 is 9.32 Å². The predicted octanol–water partition coefficient (Wildman–Crippen LogP) is 0.0347. The number of rotatable bonds is 6. The third-order valence-corrected chi connectivity index (χ3v) is 2.10. The topological polar surface area (TPSA) is 80.0 Å². The minimum absolute atomic E-state index is 0.00390. The fraction of sp³-hybridized carbons (Fsp3) is 0.700. The third-order valence-electron chi connectivity index (χ3n) is 2.10. The van der Waals surface area contributed by atoms with Gasteiger partial charge in [0.2, 0.25) is 11.8 Å². The van der Waals surface area contributed by atoms with Gasteiger partial charge < -0.3 is 15.2 Å². The molecule has 6 heteroatoms. The molecule has 6 nitrogen and oxygen atoms in total. The van der Waals surface area contributed by atoms with E-state index in [4.69, 9.17) is 4.52 Å². The van der Waals surface area contributed by atoms with E-state index in [9.17, 15) is 4.79 Å². The summed E-state index contributed by atoms with van der Waals surface area (Å²) in [6.07, 6.45) is 0.630. The number of hydrogen-bond donors (Lipinski definition) is 2. The second kappa shape index (κ2) is 6.22. The van der Waals surface area contributed by atoms with Crippen LogP contribution >= 0.6 is 0 Å². The highest BCUT2D eigenvalue weighted by atomic mass is 16.5. The van der Waals surface area contributed by atoms with Crippen molar-refractivity contribution in [2.75, 3.05) is 13.1 Å². The molecular formula is C10H18N4O2. The van der Waals surface area contributed by atoms with Gasteiger partial charge in [0, 0.05) is 19.5 Å². The first-order chi connectivity index (χ1) is 7.63. The highest BCUT2D eigenvalue weighted by molar-refractivity contribution is 5.81. The average Bonchev–Trinajstić information content (AvgIpc) is 2.64. The van der Waals surface area contributed by atoms with Gasteiger partial charge in [0.1, 0.15) is 0 Å². The summed E-state index contributed by atoms with van der Waals surface area (Å²) in [6, 6.07) is -0.205. The van der Waals surface area contributed by atoms with Crippen molar-refractivity contribution in [3.05, 3.63) is 11.7 Å². The number of carbonyl (C=O) groups excluding carboxylic acids is 1. The molecule has 1 atom stereocenters. The first-order valence-corrected chi connectivity index (χ1v) is 5.43. The summed E-state index contributed by atoms with van der Waals surface area (Å²) in [5.74, 6) is 1.23. The smallest absolute Gasteiger partial charge is 0.236 e.